The van der Waals surface area contributed by atoms with Crippen molar-refractivity contribution >= 4 is 11.6 Å². The van der Waals surface area contributed by atoms with Gasteiger partial charge < -0.3 is 15.5 Å². The molecule has 1 amide bonds. The molecule has 0 saturated heterocycles. The number of amides is 1. The van der Waals surface area contributed by atoms with Crippen molar-refractivity contribution in [1.82, 2.24) is 0 Å². The summed E-state index contributed by atoms with van der Waals surface area (Å²) in [6, 6.07) is 5.80. The molecule has 1 heterocycles. The zero-order valence-corrected chi connectivity index (χ0v) is 9.94. The topological polar surface area (TPSA) is 68.3 Å². The van der Waals surface area contributed by atoms with E-state index in [4.69, 9.17) is 10.2 Å². The molecule has 0 aliphatic rings. The molecule has 0 spiro atoms. The number of benzene rings is 1. The normalized spacial score (nSPS) is 9.58. The zero-order valence-electron chi connectivity index (χ0n) is 9.94. The maximum absolute atomic E-state index is 13.7. The minimum absolute atomic E-state index is 0.0875. The van der Waals surface area contributed by atoms with Gasteiger partial charge >= 0.3 is 0 Å². The van der Waals surface area contributed by atoms with E-state index in [1.807, 2.05) is 0 Å². The van der Waals surface area contributed by atoms with Crippen LogP contribution in [0.1, 0.15) is 15.9 Å². The largest absolute Gasteiger partial charge is 0.472 e. The number of nitrogens with one attached hydrogen (secondary N) is 1. The number of rotatable bonds is 2. The highest BCUT2D eigenvalue weighted by atomic mass is 19.1. The third-order valence-electron chi connectivity index (χ3n) is 2.34. The van der Waals surface area contributed by atoms with E-state index in [9.17, 15) is 9.18 Å². The van der Waals surface area contributed by atoms with Crippen molar-refractivity contribution in [2.75, 3.05) is 11.9 Å². The lowest BCUT2D eigenvalue weighted by atomic mass is 10.2. The number of hydrogen-bond acceptors (Lipinski definition) is 3. The first kappa shape index (κ1) is 12.9. The Bertz CT molecular complexity index is 639. The lowest BCUT2D eigenvalue weighted by Crippen LogP contribution is -2.12. The Kier molecular flexibility index (Phi) is 3.96. The molecule has 0 aliphatic heterocycles. The number of anilines is 1. The number of furan rings is 1. The van der Waals surface area contributed by atoms with Crippen LogP contribution in [0.5, 0.6) is 0 Å². The first-order valence-electron chi connectivity index (χ1n) is 5.53. The number of hydrogen-bond donors (Lipinski definition) is 2. The molecule has 96 valence electrons. The molecule has 5 heteroatoms. The molecule has 2 rings (SSSR count). The molecule has 0 radical (unpaired) electrons. The molecule has 0 aliphatic carbocycles. The summed E-state index contributed by atoms with van der Waals surface area (Å²) in [5, 5.41) is 2.45. The second-order valence-electron chi connectivity index (χ2n) is 3.67. The Balaban J connectivity index is 2.15. The van der Waals surface area contributed by atoms with Crippen molar-refractivity contribution in [1.29, 1.82) is 0 Å². The van der Waals surface area contributed by atoms with Crippen LogP contribution in [0.3, 0.4) is 0 Å². The van der Waals surface area contributed by atoms with Crippen LogP contribution in [0.4, 0.5) is 10.1 Å². The summed E-state index contributed by atoms with van der Waals surface area (Å²) in [4.78, 5) is 11.7. The maximum atomic E-state index is 13.7. The van der Waals surface area contributed by atoms with Gasteiger partial charge in [0.15, 0.2) is 0 Å². The summed E-state index contributed by atoms with van der Waals surface area (Å²) in [5.41, 5.74) is 6.15. The second kappa shape index (κ2) is 5.85. The molecule has 1 aromatic heterocycles. The van der Waals surface area contributed by atoms with Gasteiger partial charge in [-0.05, 0) is 24.3 Å². The standard InChI is InChI=1S/C14H11FN2O2/c15-12-8-10(2-1-6-16)3-4-13(12)17-14(18)11-5-7-19-9-11/h3-5,7-9H,6,16H2,(H,17,18). The first-order chi connectivity index (χ1) is 9.20. The third-order valence-corrected chi connectivity index (χ3v) is 2.34. The lowest BCUT2D eigenvalue weighted by molar-refractivity contribution is 0.102. The smallest absolute Gasteiger partial charge is 0.258 e. The first-order valence-corrected chi connectivity index (χ1v) is 5.53. The van der Waals surface area contributed by atoms with Crippen LogP contribution in [0, 0.1) is 17.7 Å². The van der Waals surface area contributed by atoms with E-state index >= 15 is 0 Å². The zero-order chi connectivity index (χ0) is 13.7. The van der Waals surface area contributed by atoms with Gasteiger partial charge in [0, 0.05) is 5.56 Å². The molecule has 0 saturated carbocycles. The van der Waals surface area contributed by atoms with Crippen LogP contribution < -0.4 is 11.1 Å². The van der Waals surface area contributed by atoms with Crippen molar-refractivity contribution in [3.63, 3.8) is 0 Å². The highest BCUT2D eigenvalue weighted by Crippen LogP contribution is 2.16. The van der Waals surface area contributed by atoms with Crippen LogP contribution in [-0.4, -0.2) is 12.5 Å². The van der Waals surface area contributed by atoms with Gasteiger partial charge in [0.2, 0.25) is 0 Å². The van der Waals surface area contributed by atoms with Crippen LogP contribution in [0.2, 0.25) is 0 Å². The fourth-order valence-corrected chi connectivity index (χ4v) is 1.44. The Morgan fingerprint density at radius 2 is 2.26 bits per heavy atom. The van der Waals surface area contributed by atoms with Gasteiger partial charge in [0.25, 0.3) is 5.91 Å². The third kappa shape index (κ3) is 3.21. The molecule has 1 aromatic carbocycles. The van der Waals surface area contributed by atoms with E-state index in [0.29, 0.717) is 11.1 Å². The fraction of sp³-hybridized carbons (Fsp3) is 0.0714. The van der Waals surface area contributed by atoms with Crippen molar-refractivity contribution in [3.05, 3.63) is 53.7 Å². The van der Waals surface area contributed by atoms with E-state index in [1.165, 1.54) is 30.7 Å². The Morgan fingerprint density at radius 3 is 2.89 bits per heavy atom. The Hall–Kier alpha value is -2.58. The molecular formula is C14H11FN2O2. The predicted molar refractivity (Wildman–Crippen MR) is 69.0 cm³/mol. The van der Waals surface area contributed by atoms with Gasteiger partial charge in [0.05, 0.1) is 24.1 Å². The van der Waals surface area contributed by atoms with Crippen molar-refractivity contribution in [2.24, 2.45) is 5.73 Å². The van der Waals surface area contributed by atoms with E-state index in [1.54, 1.807) is 6.07 Å². The van der Waals surface area contributed by atoms with Crippen LogP contribution in [0.25, 0.3) is 0 Å². The van der Waals surface area contributed by atoms with Crippen LogP contribution in [-0.2, 0) is 0 Å². The average molecular weight is 258 g/mol. The van der Waals surface area contributed by atoms with Crippen molar-refractivity contribution in [3.8, 4) is 11.8 Å². The number of carbonyl (C=O) groups is 1. The van der Waals surface area contributed by atoms with E-state index < -0.39 is 11.7 Å². The Labute approximate surface area is 109 Å². The fourth-order valence-electron chi connectivity index (χ4n) is 1.44. The van der Waals surface area contributed by atoms with Gasteiger partial charge in [-0.2, -0.15) is 0 Å². The van der Waals surface area contributed by atoms with Gasteiger partial charge in [-0.15, -0.1) is 0 Å². The molecule has 0 unspecified atom stereocenters. The molecule has 4 nitrogen and oxygen atoms in total. The van der Waals surface area contributed by atoms with Crippen molar-refractivity contribution < 1.29 is 13.6 Å². The van der Waals surface area contributed by atoms with Crippen molar-refractivity contribution in [2.45, 2.75) is 0 Å². The molecule has 3 N–H and O–H groups in total. The lowest BCUT2D eigenvalue weighted by Gasteiger charge is -2.05. The number of nitrogens with two attached hydrogens (primary N) is 1. The summed E-state index contributed by atoms with van der Waals surface area (Å²) in [7, 11) is 0. The summed E-state index contributed by atoms with van der Waals surface area (Å²) in [6.45, 7) is 0.209. The number of carbonyl (C=O) groups excluding carboxylic acids is 1. The molecule has 2 aromatic rings. The Morgan fingerprint density at radius 1 is 1.42 bits per heavy atom. The van der Waals surface area contributed by atoms with Crippen LogP contribution in [0.15, 0.2) is 41.2 Å². The highest BCUT2D eigenvalue weighted by Gasteiger charge is 2.10. The highest BCUT2D eigenvalue weighted by molar-refractivity contribution is 6.04. The summed E-state index contributed by atoms with van der Waals surface area (Å²) >= 11 is 0. The number of halogens is 1. The molecule has 0 bridgehead atoms. The SMILES string of the molecule is NCC#Cc1ccc(NC(=O)c2ccoc2)c(F)c1. The molecular weight excluding hydrogens is 247 g/mol. The summed E-state index contributed by atoms with van der Waals surface area (Å²) in [6.07, 6.45) is 2.66. The van der Waals surface area contributed by atoms with Gasteiger partial charge in [-0.25, -0.2) is 4.39 Å². The maximum Gasteiger partial charge on any atom is 0.258 e. The van der Waals surface area contributed by atoms with Gasteiger partial charge in [-0.3, -0.25) is 4.79 Å². The monoisotopic (exact) mass is 258 g/mol. The summed E-state index contributed by atoms with van der Waals surface area (Å²) in [5.74, 6) is 4.34. The predicted octanol–water partition coefficient (Wildman–Crippen LogP) is 1.98. The van der Waals surface area contributed by atoms with E-state index in [-0.39, 0.29) is 12.2 Å². The molecule has 19 heavy (non-hydrogen) atoms. The minimum Gasteiger partial charge on any atom is -0.472 e. The van der Waals surface area contributed by atoms with Crippen LogP contribution >= 0.6 is 0 Å². The van der Waals surface area contributed by atoms with Gasteiger partial charge in [0.1, 0.15) is 12.1 Å². The minimum atomic E-state index is -0.555. The quantitative estimate of drug-likeness (QED) is 0.809. The molecule has 0 atom stereocenters. The van der Waals surface area contributed by atoms with Gasteiger partial charge in [-0.1, -0.05) is 11.8 Å². The second-order valence-corrected chi connectivity index (χ2v) is 3.67. The summed E-state index contributed by atoms with van der Waals surface area (Å²) < 4.78 is 18.5. The average Bonchev–Trinajstić information content (AvgIpc) is 2.93. The van der Waals surface area contributed by atoms with E-state index in [0.717, 1.165) is 0 Å². The molecule has 0 fully saturated rings. The van der Waals surface area contributed by atoms with E-state index in [2.05, 4.69) is 17.2 Å².